The number of nitrogens with zero attached hydrogens (tertiary/aromatic N) is 2. The molecule has 6 heteroatoms. The number of carbonyl (C=O) groups is 1. The Morgan fingerprint density at radius 2 is 2.23 bits per heavy atom. The third-order valence-electron chi connectivity index (χ3n) is 5.14. The van der Waals surface area contributed by atoms with Crippen molar-refractivity contribution >= 4 is 5.91 Å². The Labute approximate surface area is 156 Å². The fourth-order valence-electron chi connectivity index (χ4n) is 3.67. The van der Waals surface area contributed by atoms with Crippen LogP contribution in [0.3, 0.4) is 0 Å². The topological polar surface area (TPSA) is 54.0 Å². The second-order valence-corrected chi connectivity index (χ2v) is 7.10. The van der Waals surface area contributed by atoms with Crippen molar-refractivity contribution < 1.29 is 14.3 Å². The first kappa shape index (κ1) is 19.1. The molecule has 0 aliphatic carbocycles. The van der Waals surface area contributed by atoms with Gasteiger partial charge < -0.3 is 19.7 Å². The van der Waals surface area contributed by atoms with E-state index >= 15 is 0 Å². The van der Waals surface area contributed by atoms with E-state index in [1.54, 1.807) is 7.11 Å². The third-order valence-corrected chi connectivity index (χ3v) is 5.14. The molecule has 0 aromatic heterocycles. The van der Waals surface area contributed by atoms with Gasteiger partial charge in [-0.25, -0.2) is 0 Å². The Kier molecular flexibility index (Phi) is 7.29. The highest BCUT2D eigenvalue weighted by Crippen LogP contribution is 2.18. The highest BCUT2D eigenvalue weighted by atomic mass is 16.5. The molecule has 0 saturated carbocycles. The van der Waals surface area contributed by atoms with Gasteiger partial charge in [-0.3, -0.25) is 9.69 Å². The quantitative estimate of drug-likeness (QED) is 0.760. The number of amides is 1. The second kappa shape index (κ2) is 9.90. The van der Waals surface area contributed by atoms with Gasteiger partial charge in [0.25, 0.3) is 0 Å². The molecule has 1 aromatic rings. The lowest BCUT2D eigenvalue weighted by atomic mass is 10.1. The first-order chi connectivity index (χ1) is 12.7. The average molecular weight is 361 g/mol. The largest absolute Gasteiger partial charge is 0.497 e. The lowest BCUT2D eigenvalue weighted by Crippen LogP contribution is -2.47. The highest BCUT2D eigenvalue weighted by molar-refractivity contribution is 5.76. The first-order valence-corrected chi connectivity index (χ1v) is 9.70. The first-order valence-electron chi connectivity index (χ1n) is 9.70. The SMILES string of the molecule is COc1cccc(CN(CCC(=O)N2CCNCC2)CC2CCCO2)c1. The minimum absolute atomic E-state index is 0.259. The summed E-state index contributed by atoms with van der Waals surface area (Å²) in [6, 6.07) is 8.16. The molecular weight excluding hydrogens is 330 g/mol. The van der Waals surface area contributed by atoms with E-state index < -0.39 is 0 Å². The van der Waals surface area contributed by atoms with E-state index in [9.17, 15) is 4.79 Å². The predicted octanol–water partition coefficient (Wildman–Crippen LogP) is 1.50. The molecule has 0 bridgehead atoms. The normalized spacial score (nSPS) is 20.5. The lowest BCUT2D eigenvalue weighted by molar-refractivity contribution is -0.132. The zero-order chi connectivity index (χ0) is 18.2. The summed E-state index contributed by atoms with van der Waals surface area (Å²) < 4.78 is 11.2. The molecule has 2 saturated heterocycles. The molecule has 3 rings (SSSR count). The van der Waals surface area contributed by atoms with Crippen molar-refractivity contribution in [2.75, 3.05) is 53.0 Å². The standard InChI is InChI=1S/C20H31N3O3/c1-25-18-5-2-4-17(14-18)15-22(16-19-6-3-13-26-19)10-7-20(24)23-11-8-21-9-12-23/h2,4-5,14,19,21H,3,6-13,15-16H2,1H3. The maximum absolute atomic E-state index is 12.5. The van der Waals surface area contributed by atoms with Gasteiger partial charge in [-0.05, 0) is 30.5 Å². The molecule has 6 nitrogen and oxygen atoms in total. The molecule has 1 N–H and O–H groups in total. The van der Waals surface area contributed by atoms with Crippen molar-refractivity contribution in [3.63, 3.8) is 0 Å². The van der Waals surface area contributed by atoms with Gasteiger partial charge in [0.1, 0.15) is 5.75 Å². The number of hydrogen-bond donors (Lipinski definition) is 1. The van der Waals surface area contributed by atoms with Crippen LogP contribution in [-0.2, 0) is 16.1 Å². The van der Waals surface area contributed by atoms with Gasteiger partial charge in [-0.1, -0.05) is 12.1 Å². The van der Waals surface area contributed by atoms with Crippen molar-refractivity contribution in [1.82, 2.24) is 15.1 Å². The smallest absolute Gasteiger partial charge is 0.223 e. The van der Waals surface area contributed by atoms with Crippen LogP contribution >= 0.6 is 0 Å². The Hall–Kier alpha value is -1.63. The molecule has 0 spiro atoms. The summed E-state index contributed by atoms with van der Waals surface area (Å²) in [5.41, 5.74) is 1.21. The van der Waals surface area contributed by atoms with Gasteiger partial charge in [-0.2, -0.15) is 0 Å². The summed E-state index contributed by atoms with van der Waals surface area (Å²) in [5, 5.41) is 3.29. The van der Waals surface area contributed by atoms with Crippen LogP contribution in [0.15, 0.2) is 24.3 Å². The van der Waals surface area contributed by atoms with Gasteiger partial charge in [0.15, 0.2) is 0 Å². The lowest BCUT2D eigenvalue weighted by Gasteiger charge is -2.29. The molecule has 144 valence electrons. The summed E-state index contributed by atoms with van der Waals surface area (Å²) >= 11 is 0. The molecule has 2 heterocycles. The molecule has 26 heavy (non-hydrogen) atoms. The number of hydrogen-bond acceptors (Lipinski definition) is 5. The van der Waals surface area contributed by atoms with Gasteiger partial charge in [0.05, 0.1) is 13.2 Å². The fraction of sp³-hybridized carbons (Fsp3) is 0.650. The second-order valence-electron chi connectivity index (χ2n) is 7.10. The fourth-order valence-corrected chi connectivity index (χ4v) is 3.67. The van der Waals surface area contributed by atoms with Crippen LogP contribution < -0.4 is 10.1 Å². The molecule has 1 aromatic carbocycles. The van der Waals surface area contributed by atoms with Crippen molar-refractivity contribution in [2.45, 2.75) is 31.9 Å². The number of methoxy groups -OCH3 is 1. The summed E-state index contributed by atoms with van der Waals surface area (Å²) in [4.78, 5) is 16.8. The zero-order valence-electron chi connectivity index (χ0n) is 15.8. The van der Waals surface area contributed by atoms with Gasteiger partial charge >= 0.3 is 0 Å². The molecule has 0 radical (unpaired) electrons. The van der Waals surface area contributed by atoms with Crippen LogP contribution in [0.25, 0.3) is 0 Å². The van der Waals surface area contributed by atoms with Gasteiger partial charge in [0, 0.05) is 58.8 Å². The number of carbonyl (C=O) groups excluding carboxylic acids is 1. The van der Waals surface area contributed by atoms with E-state index in [0.29, 0.717) is 6.42 Å². The number of ether oxygens (including phenoxy) is 2. The minimum atomic E-state index is 0.259. The van der Waals surface area contributed by atoms with Crippen LogP contribution in [0.2, 0.25) is 0 Å². The summed E-state index contributed by atoms with van der Waals surface area (Å²) in [5.74, 6) is 1.13. The summed E-state index contributed by atoms with van der Waals surface area (Å²) in [6.45, 7) is 6.75. The molecule has 2 aliphatic rings. The molecule has 1 amide bonds. The van der Waals surface area contributed by atoms with Gasteiger partial charge in [0.2, 0.25) is 5.91 Å². The van der Waals surface area contributed by atoms with Crippen LogP contribution in [-0.4, -0.2) is 74.8 Å². The summed E-state index contributed by atoms with van der Waals surface area (Å²) in [7, 11) is 1.69. The van der Waals surface area contributed by atoms with Crippen LogP contribution in [0, 0.1) is 0 Å². The van der Waals surface area contributed by atoms with E-state index in [1.165, 1.54) is 5.56 Å². The highest BCUT2D eigenvalue weighted by Gasteiger charge is 2.22. The van der Waals surface area contributed by atoms with Crippen molar-refractivity contribution in [3.05, 3.63) is 29.8 Å². The number of benzene rings is 1. The monoisotopic (exact) mass is 361 g/mol. The Balaban J connectivity index is 1.57. The van der Waals surface area contributed by atoms with E-state index in [0.717, 1.165) is 71.0 Å². The third kappa shape index (κ3) is 5.69. The Bertz CT molecular complexity index is 569. The van der Waals surface area contributed by atoms with Crippen LogP contribution in [0.5, 0.6) is 5.75 Å². The van der Waals surface area contributed by atoms with E-state index in [2.05, 4.69) is 22.3 Å². The molecule has 2 fully saturated rings. The molecule has 1 unspecified atom stereocenters. The minimum Gasteiger partial charge on any atom is -0.497 e. The predicted molar refractivity (Wildman–Crippen MR) is 101 cm³/mol. The Morgan fingerprint density at radius 3 is 2.96 bits per heavy atom. The average Bonchev–Trinajstić information content (AvgIpc) is 3.20. The zero-order valence-corrected chi connectivity index (χ0v) is 15.8. The molecule has 1 atom stereocenters. The van der Waals surface area contributed by atoms with Crippen LogP contribution in [0.1, 0.15) is 24.8 Å². The number of piperazine rings is 1. The van der Waals surface area contributed by atoms with E-state index in [4.69, 9.17) is 9.47 Å². The Morgan fingerprint density at radius 1 is 1.38 bits per heavy atom. The van der Waals surface area contributed by atoms with E-state index in [-0.39, 0.29) is 12.0 Å². The van der Waals surface area contributed by atoms with Crippen molar-refractivity contribution in [1.29, 1.82) is 0 Å². The van der Waals surface area contributed by atoms with E-state index in [1.807, 2.05) is 17.0 Å². The maximum Gasteiger partial charge on any atom is 0.223 e. The maximum atomic E-state index is 12.5. The number of nitrogens with one attached hydrogen (secondary N) is 1. The summed E-state index contributed by atoms with van der Waals surface area (Å²) in [6.07, 6.45) is 3.10. The van der Waals surface area contributed by atoms with Gasteiger partial charge in [-0.15, -0.1) is 0 Å². The molecular formula is C20H31N3O3. The van der Waals surface area contributed by atoms with Crippen LogP contribution in [0.4, 0.5) is 0 Å². The molecule has 2 aliphatic heterocycles. The van der Waals surface area contributed by atoms with Crippen molar-refractivity contribution in [2.24, 2.45) is 0 Å². The number of rotatable bonds is 8. The van der Waals surface area contributed by atoms with Crippen molar-refractivity contribution in [3.8, 4) is 5.75 Å².